The number of aliphatic hydroxyl groups is 1. The highest BCUT2D eigenvalue weighted by molar-refractivity contribution is 14.1. The monoisotopic (exact) mass is 1660 g/mol. The van der Waals surface area contributed by atoms with Gasteiger partial charge in [0, 0.05) is 31.7 Å². The molecule has 0 aliphatic rings. The third kappa shape index (κ3) is 21.7. The minimum absolute atomic E-state index is 0.00793. The van der Waals surface area contributed by atoms with Crippen LogP contribution in [0.25, 0.3) is 55.0 Å². The molecule has 20 nitrogen and oxygen atoms in total. The number of amides is 1. The summed E-state index contributed by atoms with van der Waals surface area (Å²) >= 11 is 2.16. The summed E-state index contributed by atoms with van der Waals surface area (Å²) in [6.45, 7) is 5.71. The highest BCUT2D eigenvalue weighted by Gasteiger charge is 2.32. The Kier molecular flexibility index (Phi) is 26.9. The van der Waals surface area contributed by atoms with E-state index in [1.54, 1.807) is 81.4 Å². The molecule has 0 unspecified atom stereocenters. The molecule has 0 aliphatic heterocycles. The Labute approximate surface area is 632 Å². The summed E-state index contributed by atoms with van der Waals surface area (Å²) in [4.78, 5) is 45.9. The lowest BCUT2D eigenvalue weighted by atomic mass is 10.2. The van der Waals surface area contributed by atoms with Crippen LogP contribution in [0.15, 0.2) is 218 Å². The smallest absolute Gasteiger partial charge is 0.416 e. The normalized spacial score (nSPS) is 11.1. The molecule has 0 spiro atoms. The number of H-pyrrole nitrogens is 2. The first-order chi connectivity index (χ1) is 52.7. The maximum Gasteiger partial charge on any atom is 0.416 e. The van der Waals surface area contributed by atoms with Crippen LogP contribution in [0.4, 0.5) is 57.1 Å². The van der Waals surface area contributed by atoms with Crippen molar-refractivity contribution in [3.8, 4) is 45.9 Å². The van der Waals surface area contributed by atoms with Crippen LogP contribution < -0.4 is 19.9 Å². The van der Waals surface area contributed by atoms with Crippen molar-refractivity contribution in [1.29, 1.82) is 0 Å². The van der Waals surface area contributed by atoms with Crippen molar-refractivity contribution >= 4 is 90.0 Å². The molecule has 0 saturated carbocycles. The Morgan fingerprint density at radius 1 is 0.414 bits per heavy atom. The maximum absolute atomic E-state index is 13.8. The summed E-state index contributed by atoms with van der Waals surface area (Å²) < 4.78 is 196. The maximum atomic E-state index is 13.8. The van der Waals surface area contributed by atoms with Crippen molar-refractivity contribution in [2.24, 2.45) is 5.73 Å². The number of benzene rings is 10. The lowest BCUT2D eigenvalue weighted by molar-refractivity contribution is -0.138. The number of aromatic carboxylic acids is 1. The summed E-state index contributed by atoms with van der Waals surface area (Å²) in [6, 6.07) is 49.3. The number of nitrogens with one attached hydrogen (secondary N) is 2. The van der Waals surface area contributed by atoms with Crippen LogP contribution in [-0.4, -0.2) is 93.8 Å². The number of nitrogens with two attached hydrogens (primary N) is 1. The van der Waals surface area contributed by atoms with E-state index < -0.39 is 82.3 Å². The molecule has 0 radical (unpaired) electrons. The Morgan fingerprint density at radius 2 is 0.703 bits per heavy atom. The number of carboxylic acid groups (broad SMARTS) is 1. The zero-order chi connectivity index (χ0) is 80.5. The van der Waals surface area contributed by atoms with Gasteiger partial charge in [0.1, 0.15) is 57.8 Å². The second-order valence-corrected chi connectivity index (χ2v) is 23.9. The number of aliphatic hydroxyl groups excluding tert-OH is 1. The van der Waals surface area contributed by atoms with Crippen LogP contribution in [0, 0.1) is 26.8 Å². The number of carbonyl (C=O) groups excluding carboxylic acids is 3. The summed E-state index contributed by atoms with van der Waals surface area (Å²) in [5.74, 6) is -2.85. The number of fused-ring (bicyclic) bond motifs is 4. The molecule has 6 N–H and O–H groups in total. The lowest BCUT2D eigenvalue weighted by Crippen LogP contribution is -2.12. The van der Waals surface area contributed by atoms with Gasteiger partial charge in [-0.05, 0) is 262 Å². The van der Waals surface area contributed by atoms with Gasteiger partial charge in [0.15, 0.2) is 22.8 Å². The first-order valence-electron chi connectivity index (χ1n) is 32.4. The van der Waals surface area contributed by atoms with Crippen molar-refractivity contribution in [3.63, 3.8) is 0 Å². The molecule has 0 bridgehead atoms. The number of rotatable bonds is 14. The van der Waals surface area contributed by atoms with Crippen LogP contribution >= 0.6 is 22.6 Å². The number of nitrogens with zero attached hydrogens (tertiary/aromatic N) is 6. The molecular formula is C77H57F13IN9O11. The largest absolute Gasteiger partial charge is 0.476 e. The lowest BCUT2D eigenvalue weighted by Gasteiger charge is -2.10. The zero-order valence-corrected chi connectivity index (χ0v) is 59.7. The number of aromatic amines is 2. The molecule has 574 valence electrons. The second-order valence-electron chi connectivity index (χ2n) is 22.6. The zero-order valence-electron chi connectivity index (χ0n) is 57.5. The van der Waals surface area contributed by atoms with Gasteiger partial charge in [0.25, 0.3) is 5.91 Å². The van der Waals surface area contributed by atoms with E-state index >= 15 is 0 Å². The number of esters is 2. The van der Waals surface area contributed by atoms with Crippen molar-refractivity contribution in [2.75, 3.05) is 19.8 Å². The van der Waals surface area contributed by atoms with Crippen LogP contribution in [0.5, 0.6) is 34.5 Å². The Balaban J connectivity index is 0.000000165. The predicted molar refractivity (Wildman–Crippen MR) is 388 cm³/mol. The number of carboxylic acids is 1. The van der Waals surface area contributed by atoms with E-state index in [9.17, 15) is 76.3 Å². The second kappa shape index (κ2) is 36.4. The summed E-state index contributed by atoms with van der Waals surface area (Å²) in [5, 5.41) is 38.5. The number of hydrogen-bond acceptors (Lipinski definition) is 14. The molecule has 4 aromatic heterocycles. The third-order valence-corrected chi connectivity index (χ3v) is 15.7. The molecule has 0 saturated heterocycles. The number of primary amides is 1. The van der Waals surface area contributed by atoms with Gasteiger partial charge < -0.3 is 39.6 Å². The quantitative estimate of drug-likeness (QED) is 0.0385. The van der Waals surface area contributed by atoms with Crippen LogP contribution in [0.3, 0.4) is 0 Å². The third-order valence-electron chi connectivity index (χ3n) is 14.9. The number of halogens is 14. The molecule has 14 rings (SSSR count). The SMILES string of the molecule is CCO.CCOC(=O)c1n[nH]c2ccc(F)cc12.CCOC(=O)c1nn(-c2ccc(Oc3ccc(C(F)(F)F)cc3)cc2)c2ccc(F)cc12.FC(F)(F)c1ccc(Oc2ccc(I)cc2)cc1.NC(=O)c1nn(-c2ccc(Oc3ccc(C(F)(F)F)cc3)cc2)c2ccc(F)cc12.O=C(O)c1n[nH]c2ccc(F)cc12. The number of alkyl halides is 9. The average Bonchev–Trinajstić information content (AvgIpc) is 1.63. The summed E-state index contributed by atoms with van der Waals surface area (Å²) in [7, 11) is 0. The Hall–Kier alpha value is -12.9. The molecule has 0 atom stereocenters. The van der Waals surface area contributed by atoms with Gasteiger partial charge in [-0.2, -0.15) is 59.9 Å². The summed E-state index contributed by atoms with van der Waals surface area (Å²) in [5.41, 5.74) is 6.26. The van der Waals surface area contributed by atoms with Gasteiger partial charge >= 0.3 is 36.4 Å². The highest BCUT2D eigenvalue weighted by atomic mass is 127. The topological polar surface area (TPSA) is 274 Å². The molecular weight excluding hydrogens is 1600 g/mol. The van der Waals surface area contributed by atoms with Crippen molar-refractivity contribution in [3.05, 3.63) is 285 Å². The number of carbonyl (C=O) groups is 4. The van der Waals surface area contributed by atoms with Crippen LogP contribution in [0.1, 0.15) is 79.4 Å². The standard InChI is InChI=1S/C23H16F4N2O3.C21H13F4N3O2.C13H8F3IO.C10H9FN2O2.C8H5FN2O2.C2H6O/c1-2-31-22(30)21-19-13-15(24)5-12-20(19)29(28-21)16-6-10-18(11-7-16)32-17-8-3-14(4-9-17)23(25,26)27;22-13-3-10-18-17(11-13)19(20(26)29)27-28(18)14-4-8-16(9-5-14)30-15-6-1-12(2-7-15)21(23,24)25;14-13(15,16)9-1-5-11(6-2-9)18-12-7-3-10(17)4-8-12;1-2-15-10(14)9-7-5-6(11)3-4-8(7)12-13-9;9-4-1-2-6-5(3-4)7(8(12)13)11-10-6;1-2-3/h3-13H,2H2,1H3;1-11H,(H2,26,29);1-8H;3-5H,2H2,1H3,(H,12,13);1-3H,(H,10,11)(H,12,13);3H,2H2,1H3. The number of aromatic nitrogens is 8. The van der Waals surface area contributed by atoms with E-state index in [0.29, 0.717) is 67.2 Å². The number of ether oxygens (including phenoxy) is 5. The molecule has 4 heterocycles. The fourth-order valence-electron chi connectivity index (χ4n) is 9.95. The van der Waals surface area contributed by atoms with Gasteiger partial charge in [-0.1, -0.05) is 0 Å². The Morgan fingerprint density at radius 3 is 1.04 bits per heavy atom. The van der Waals surface area contributed by atoms with Crippen molar-refractivity contribution in [1.82, 2.24) is 40.0 Å². The van der Waals surface area contributed by atoms with E-state index in [1.807, 2.05) is 12.1 Å². The van der Waals surface area contributed by atoms with E-state index in [1.165, 1.54) is 112 Å². The van der Waals surface area contributed by atoms with Crippen LogP contribution in [-0.2, 0) is 28.0 Å². The van der Waals surface area contributed by atoms with Gasteiger partial charge in [0.2, 0.25) is 0 Å². The van der Waals surface area contributed by atoms with E-state index in [2.05, 4.69) is 53.2 Å². The van der Waals surface area contributed by atoms with Gasteiger partial charge in [0.05, 0.1) is 63.3 Å². The minimum Gasteiger partial charge on any atom is -0.476 e. The van der Waals surface area contributed by atoms with Crippen LogP contribution in [0.2, 0.25) is 0 Å². The average molecular weight is 1660 g/mol. The van der Waals surface area contributed by atoms with Gasteiger partial charge in [-0.3, -0.25) is 15.0 Å². The number of hydrogen-bond donors (Lipinski definition) is 5. The molecule has 10 aromatic carbocycles. The summed E-state index contributed by atoms with van der Waals surface area (Å²) in [6.07, 6.45) is -13.2. The molecule has 1 amide bonds. The highest BCUT2D eigenvalue weighted by Crippen LogP contribution is 2.36. The van der Waals surface area contributed by atoms with Gasteiger partial charge in [-0.25, -0.2) is 41.3 Å². The van der Waals surface area contributed by atoms with E-state index in [-0.39, 0.29) is 64.9 Å². The van der Waals surface area contributed by atoms with Crippen molar-refractivity contribution < 1.29 is 110 Å². The Bertz CT molecular complexity index is 5550. The molecule has 0 aliphatic carbocycles. The fraction of sp³-hybridized carbons (Fsp3) is 0.117. The van der Waals surface area contributed by atoms with Gasteiger partial charge in [-0.15, -0.1) is 0 Å². The van der Waals surface area contributed by atoms with Crippen molar-refractivity contribution in [2.45, 2.75) is 39.3 Å². The predicted octanol–water partition coefficient (Wildman–Crippen LogP) is 19.6. The fourth-order valence-corrected chi connectivity index (χ4v) is 10.3. The minimum atomic E-state index is -4.42. The van der Waals surface area contributed by atoms with E-state index in [4.69, 9.17) is 39.6 Å². The molecule has 111 heavy (non-hydrogen) atoms. The molecule has 0 fully saturated rings. The first-order valence-corrected chi connectivity index (χ1v) is 33.5. The first kappa shape index (κ1) is 82.2. The molecule has 14 aromatic rings. The van der Waals surface area contributed by atoms with E-state index in [0.717, 1.165) is 46.0 Å². The molecule has 34 heteroatoms.